The molecule has 1 heterocycles. The highest BCUT2D eigenvalue weighted by atomic mass is 19.1. The fourth-order valence-electron chi connectivity index (χ4n) is 2.14. The van der Waals surface area contributed by atoms with E-state index < -0.39 is 23.0 Å². The van der Waals surface area contributed by atoms with Gasteiger partial charge in [-0.25, -0.2) is 8.78 Å². The average molecular weight is 280 g/mol. The molecule has 2 rings (SSSR count). The summed E-state index contributed by atoms with van der Waals surface area (Å²) in [6.07, 6.45) is 0. The number of halogens is 2. The molecule has 0 bridgehead atoms. The van der Waals surface area contributed by atoms with Crippen LogP contribution in [0.1, 0.15) is 33.0 Å². The van der Waals surface area contributed by atoms with Crippen LogP contribution < -0.4 is 4.74 Å². The van der Waals surface area contributed by atoms with Crippen LogP contribution in [0.4, 0.5) is 8.78 Å². The topological polar surface area (TPSA) is 39.4 Å². The van der Waals surface area contributed by atoms with Crippen molar-refractivity contribution < 1.29 is 22.7 Å². The van der Waals surface area contributed by atoms with Crippen LogP contribution in [0.3, 0.4) is 0 Å². The first kappa shape index (κ1) is 14.2. The van der Waals surface area contributed by atoms with Crippen LogP contribution in [0.2, 0.25) is 0 Å². The van der Waals surface area contributed by atoms with Gasteiger partial charge in [0.05, 0.1) is 18.2 Å². The number of methoxy groups -OCH3 is 1. The van der Waals surface area contributed by atoms with Crippen molar-refractivity contribution in [2.75, 3.05) is 7.11 Å². The molecule has 0 aliphatic carbocycles. The zero-order chi connectivity index (χ0) is 15.0. The van der Waals surface area contributed by atoms with Gasteiger partial charge in [-0.1, -0.05) is 0 Å². The third-order valence-corrected chi connectivity index (χ3v) is 3.27. The molecule has 0 spiro atoms. The lowest BCUT2D eigenvalue weighted by molar-refractivity contribution is 0.102. The molecule has 3 nitrogen and oxygen atoms in total. The number of hydrogen-bond acceptors (Lipinski definition) is 3. The maximum absolute atomic E-state index is 13.9. The van der Waals surface area contributed by atoms with Crippen molar-refractivity contribution in [2.24, 2.45) is 0 Å². The van der Waals surface area contributed by atoms with Crippen molar-refractivity contribution in [1.82, 2.24) is 0 Å². The molecule has 0 saturated heterocycles. The van der Waals surface area contributed by atoms with Crippen molar-refractivity contribution in [1.29, 1.82) is 0 Å². The molecule has 0 fully saturated rings. The molecule has 2 aromatic rings. The molecule has 5 heteroatoms. The van der Waals surface area contributed by atoms with Crippen LogP contribution in [0, 0.1) is 32.4 Å². The number of rotatable bonds is 3. The molecule has 0 aliphatic rings. The van der Waals surface area contributed by atoms with Crippen LogP contribution >= 0.6 is 0 Å². The number of ketones is 1. The highest BCUT2D eigenvalue weighted by Crippen LogP contribution is 2.28. The van der Waals surface area contributed by atoms with Gasteiger partial charge in [-0.15, -0.1) is 0 Å². The van der Waals surface area contributed by atoms with E-state index in [4.69, 9.17) is 9.15 Å². The SMILES string of the molecule is COc1cc(F)c(C(=O)c2c(C)oc(C)c2C)c(F)c1. The number of benzene rings is 1. The molecule has 1 aromatic heterocycles. The van der Waals surface area contributed by atoms with Gasteiger partial charge in [0.2, 0.25) is 5.78 Å². The summed E-state index contributed by atoms with van der Waals surface area (Å²) in [5, 5.41) is 0. The Morgan fingerprint density at radius 3 is 2.00 bits per heavy atom. The van der Waals surface area contributed by atoms with E-state index in [-0.39, 0.29) is 11.3 Å². The molecule has 0 radical (unpaired) electrons. The zero-order valence-electron chi connectivity index (χ0n) is 11.6. The molecule has 0 saturated carbocycles. The first-order chi connectivity index (χ1) is 9.36. The standard InChI is InChI=1S/C15H14F2O3/c1-7-8(2)20-9(3)13(7)15(18)14-11(16)5-10(19-4)6-12(14)17/h5-6H,1-4H3. The number of carbonyl (C=O) groups is 1. The fraction of sp³-hybridized carbons (Fsp3) is 0.267. The number of aryl methyl sites for hydroxylation is 2. The molecule has 0 amide bonds. The normalized spacial score (nSPS) is 10.7. The molecule has 0 atom stereocenters. The Labute approximate surface area is 115 Å². The quantitative estimate of drug-likeness (QED) is 0.804. The Morgan fingerprint density at radius 1 is 1.05 bits per heavy atom. The van der Waals surface area contributed by atoms with Crippen molar-refractivity contribution in [3.63, 3.8) is 0 Å². The monoisotopic (exact) mass is 280 g/mol. The second-order valence-electron chi connectivity index (χ2n) is 4.51. The maximum atomic E-state index is 13.9. The van der Waals surface area contributed by atoms with E-state index in [9.17, 15) is 13.6 Å². The van der Waals surface area contributed by atoms with Gasteiger partial charge in [0.25, 0.3) is 0 Å². The summed E-state index contributed by atoms with van der Waals surface area (Å²) in [6, 6.07) is 1.96. The minimum atomic E-state index is -0.954. The number of furan rings is 1. The average Bonchev–Trinajstić information content (AvgIpc) is 2.62. The molecular weight excluding hydrogens is 266 g/mol. The van der Waals surface area contributed by atoms with Crippen molar-refractivity contribution in [3.8, 4) is 5.75 Å². The predicted octanol–water partition coefficient (Wildman–Crippen LogP) is 3.72. The molecular formula is C15H14F2O3. The highest BCUT2D eigenvalue weighted by molar-refractivity contribution is 6.11. The minimum absolute atomic E-state index is 0.0216. The van der Waals surface area contributed by atoms with Gasteiger partial charge in [-0.3, -0.25) is 4.79 Å². The molecule has 106 valence electrons. The Hall–Kier alpha value is -2.17. The van der Waals surface area contributed by atoms with E-state index in [0.717, 1.165) is 12.1 Å². The summed E-state index contributed by atoms with van der Waals surface area (Å²) >= 11 is 0. The number of carbonyl (C=O) groups excluding carboxylic acids is 1. The Kier molecular flexibility index (Phi) is 3.61. The summed E-state index contributed by atoms with van der Waals surface area (Å²) in [5.41, 5.74) is 0.186. The second kappa shape index (κ2) is 5.07. The van der Waals surface area contributed by atoms with Gasteiger partial charge in [-0.2, -0.15) is 0 Å². The summed E-state index contributed by atoms with van der Waals surface area (Å²) in [6.45, 7) is 4.96. The minimum Gasteiger partial charge on any atom is -0.497 e. The van der Waals surface area contributed by atoms with Gasteiger partial charge >= 0.3 is 0 Å². The van der Waals surface area contributed by atoms with Gasteiger partial charge in [-0.05, 0) is 20.8 Å². The Morgan fingerprint density at radius 2 is 1.60 bits per heavy atom. The van der Waals surface area contributed by atoms with E-state index >= 15 is 0 Å². The maximum Gasteiger partial charge on any atom is 0.202 e. The van der Waals surface area contributed by atoms with Crippen LogP contribution in [-0.2, 0) is 0 Å². The van der Waals surface area contributed by atoms with Crippen molar-refractivity contribution in [2.45, 2.75) is 20.8 Å². The summed E-state index contributed by atoms with van der Waals surface area (Å²) < 4.78 is 37.9. The summed E-state index contributed by atoms with van der Waals surface area (Å²) in [5.74, 6) is -1.71. The van der Waals surface area contributed by atoms with Gasteiger partial charge < -0.3 is 9.15 Å². The van der Waals surface area contributed by atoms with Crippen molar-refractivity contribution >= 4 is 5.78 Å². The van der Waals surface area contributed by atoms with Gasteiger partial charge in [0, 0.05) is 17.7 Å². The van der Waals surface area contributed by atoms with Gasteiger partial charge in [0.15, 0.2) is 0 Å². The summed E-state index contributed by atoms with van der Waals surface area (Å²) in [4.78, 5) is 12.4. The number of hydrogen-bond donors (Lipinski definition) is 0. The Balaban J connectivity index is 2.60. The smallest absolute Gasteiger partial charge is 0.202 e. The van der Waals surface area contributed by atoms with Crippen LogP contribution in [0.5, 0.6) is 5.75 Å². The fourth-order valence-corrected chi connectivity index (χ4v) is 2.14. The van der Waals surface area contributed by atoms with Crippen LogP contribution in [0.15, 0.2) is 16.5 Å². The molecule has 0 N–H and O–H groups in total. The first-order valence-corrected chi connectivity index (χ1v) is 6.01. The molecule has 20 heavy (non-hydrogen) atoms. The predicted molar refractivity (Wildman–Crippen MR) is 69.3 cm³/mol. The first-order valence-electron chi connectivity index (χ1n) is 6.01. The second-order valence-corrected chi connectivity index (χ2v) is 4.51. The van der Waals surface area contributed by atoms with Crippen LogP contribution in [-0.4, -0.2) is 12.9 Å². The van der Waals surface area contributed by atoms with E-state index in [0.29, 0.717) is 17.1 Å². The third-order valence-electron chi connectivity index (χ3n) is 3.27. The van der Waals surface area contributed by atoms with E-state index in [1.54, 1.807) is 20.8 Å². The van der Waals surface area contributed by atoms with E-state index in [2.05, 4.69) is 0 Å². The van der Waals surface area contributed by atoms with E-state index in [1.807, 2.05) is 0 Å². The third kappa shape index (κ3) is 2.19. The number of ether oxygens (including phenoxy) is 1. The summed E-state index contributed by atoms with van der Waals surface area (Å²) in [7, 11) is 1.30. The van der Waals surface area contributed by atoms with Gasteiger partial charge in [0.1, 0.15) is 28.9 Å². The van der Waals surface area contributed by atoms with Crippen LogP contribution in [0.25, 0.3) is 0 Å². The molecule has 0 aliphatic heterocycles. The lowest BCUT2D eigenvalue weighted by Crippen LogP contribution is -2.09. The highest BCUT2D eigenvalue weighted by Gasteiger charge is 2.26. The Bertz CT molecular complexity index is 664. The molecule has 1 aromatic carbocycles. The van der Waals surface area contributed by atoms with Crippen molar-refractivity contribution in [3.05, 3.63) is 52.0 Å². The molecule has 0 unspecified atom stereocenters. The largest absolute Gasteiger partial charge is 0.497 e. The van der Waals surface area contributed by atoms with E-state index in [1.165, 1.54) is 7.11 Å². The zero-order valence-corrected chi connectivity index (χ0v) is 11.6. The lowest BCUT2D eigenvalue weighted by Gasteiger charge is -2.07. The lowest BCUT2D eigenvalue weighted by atomic mass is 9.99.